The molecule has 1 atom stereocenters. The van der Waals surface area contributed by atoms with Crippen LogP contribution in [0.25, 0.3) is 0 Å². The zero-order valence-corrected chi connectivity index (χ0v) is 12.2. The maximum absolute atomic E-state index is 11.9. The van der Waals surface area contributed by atoms with E-state index in [0.29, 0.717) is 19.5 Å². The molecule has 1 fully saturated rings. The van der Waals surface area contributed by atoms with Gasteiger partial charge >= 0.3 is 6.03 Å². The highest BCUT2D eigenvalue weighted by molar-refractivity contribution is 5.89. The van der Waals surface area contributed by atoms with E-state index in [1.807, 2.05) is 45.0 Å². The van der Waals surface area contributed by atoms with E-state index in [-0.39, 0.29) is 11.6 Å². The molecule has 0 spiro atoms. The van der Waals surface area contributed by atoms with E-state index in [4.69, 9.17) is 4.74 Å². The van der Waals surface area contributed by atoms with Crippen LogP contribution in [-0.4, -0.2) is 40.8 Å². The molecule has 0 unspecified atom stereocenters. The van der Waals surface area contributed by atoms with Crippen molar-refractivity contribution in [1.29, 1.82) is 0 Å². The van der Waals surface area contributed by atoms with Crippen molar-refractivity contribution < 1.29 is 14.6 Å². The molecule has 1 aliphatic heterocycles. The Bertz CT molecular complexity index is 465. The standard InChI is InChI=1S/C15H22N2O3/c1-15(2,3)20-13-6-4-11(5-7-13)16-14(19)17-9-8-12(18)10-17/h4-7,12,18H,8-10H2,1-3H3,(H,16,19)/t12-/m0/s1. The summed E-state index contributed by atoms with van der Waals surface area (Å²) in [5.41, 5.74) is 0.480. The number of likely N-dealkylation sites (tertiary alicyclic amines) is 1. The van der Waals surface area contributed by atoms with Crippen LogP contribution in [0.1, 0.15) is 27.2 Å². The average molecular weight is 278 g/mol. The van der Waals surface area contributed by atoms with Gasteiger partial charge in [-0.15, -0.1) is 0 Å². The number of carbonyl (C=O) groups excluding carboxylic acids is 1. The molecule has 0 radical (unpaired) electrons. The van der Waals surface area contributed by atoms with Crippen molar-refractivity contribution in [3.05, 3.63) is 24.3 Å². The van der Waals surface area contributed by atoms with Crippen LogP contribution in [0.5, 0.6) is 5.75 Å². The van der Waals surface area contributed by atoms with E-state index in [1.54, 1.807) is 4.90 Å². The Balaban J connectivity index is 1.92. The smallest absolute Gasteiger partial charge is 0.321 e. The SMILES string of the molecule is CC(C)(C)Oc1ccc(NC(=O)N2CC[C@H](O)C2)cc1. The van der Waals surface area contributed by atoms with E-state index >= 15 is 0 Å². The van der Waals surface area contributed by atoms with Crippen molar-refractivity contribution in [2.45, 2.75) is 38.9 Å². The fourth-order valence-electron chi connectivity index (χ4n) is 2.09. The maximum Gasteiger partial charge on any atom is 0.321 e. The van der Waals surface area contributed by atoms with Crippen LogP contribution in [0.15, 0.2) is 24.3 Å². The molecule has 110 valence electrons. The number of urea groups is 1. The number of β-amino-alcohol motifs (C(OH)–C–C–N with tert-alkyl or cyclic N) is 1. The van der Waals surface area contributed by atoms with E-state index in [0.717, 1.165) is 11.4 Å². The quantitative estimate of drug-likeness (QED) is 0.873. The van der Waals surface area contributed by atoms with E-state index < -0.39 is 6.10 Å². The third kappa shape index (κ3) is 4.13. The van der Waals surface area contributed by atoms with E-state index in [2.05, 4.69) is 5.32 Å². The predicted octanol–water partition coefficient (Wildman–Crippen LogP) is 2.46. The van der Waals surface area contributed by atoms with E-state index in [1.165, 1.54) is 0 Å². The highest BCUT2D eigenvalue weighted by Crippen LogP contribution is 2.21. The van der Waals surface area contributed by atoms with Gasteiger partial charge in [0, 0.05) is 18.8 Å². The number of aliphatic hydroxyl groups excluding tert-OH is 1. The van der Waals surface area contributed by atoms with Crippen molar-refractivity contribution in [3.63, 3.8) is 0 Å². The fraction of sp³-hybridized carbons (Fsp3) is 0.533. The lowest BCUT2D eigenvalue weighted by Crippen LogP contribution is -2.33. The number of hydrogen-bond acceptors (Lipinski definition) is 3. The second-order valence-electron chi connectivity index (χ2n) is 6.06. The number of anilines is 1. The monoisotopic (exact) mass is 278 g/mol. The number of nitrogens with one attached hydrogen (secondary N) is 1. The molecular weight excluding hydrogens is 256 g/mol. The molecule has 1 aromatic rings. The first-order valence-corrected chi connectivity index (χ1v) is 6.86. The van der Waals surface area contributed by atoms with E-state index in [9.17, 15) is 9.90 Å². The summed E-state index contributed by atoms with van der Waals surface area (Å²) in [4.78, 5) is 13.6. The largest absolute Gasteiger partial charge is 0.488 e. The second kappa shape index (κ2) is 5.71. The van der Waals surface area contributed by atoms with Crippen LogP contribution in [0, 0.1) is 0 Å². The number of benzene rings is 1. The summed E-state index contributed by atoms with van der Waals surface area (Å²) < 4.78 is 5.72. The molecule has 1 saturated heterocycles. The molecule has 1 aromatic carbocycles. The molecule has 2 amide bonds. The van der Waals surface area contributed by atoms with Gasteiger partial charge in [0.2, 0.25) is 0 Å². The van der Waals surface area contributed by atoms with Crippen molar-refractivity contribution in [1.82, 2.24) is 4.90 Å². The van der Waals surface area contributed by atoms with Crippen LogP contribution >= 0.6 is 0 Å². The molecule has 1 heterocycles. The first-order valence-electron chi connectivity index (χ1n) is 6.86. The molecule has 0 bridgehead atoms. The third-order valence-electron chi connectivity index (χ3n) is 2.98. The molecule has 0 aliphatic carbocycles. The maximum atomic E-state index is 11.9. The van der Waals surface area contributed by atoms with Crippen molar-refractivity contribution in [3.8, 4) is 5.75 Å². The first kappa shape index (κ1) is 14.7. The highest BCUT2D eigenvalue weighted by Gasteiger charge is 2.24. The molecule has 0 aromatic heterocycles. The van der Waals surface area contributed by atoms with Crippen molar-refractivity contribution >= 4 is 11.7 Å². The number of aliphatic hydroxyl groups is 1. The molecule has 0 saturated carbocycles. The molecule has 5 heteroatoms. The van der Waals surface area contributed by atoms with Gasteiger partial charge in [0.25, 0.3) is 0 Å². The van der Waals surface area contributed by atoms with Gasteiger partial charge < -0.3 is 20.1 Å². The van der Waals surface area contributed by atoms with Crippen LogP contribution in [0.2, 0.25) is 0 Å². The van der Waals surface area contributed by atoms with Gasteiger partial charge in [-0.05, 0) is 51.5 Å². The number of carbonyl (C=O) groups is 1. The Morgan fingerprint density at radius 3 is 2.50 bits per heavy atom. The summed E-state index contributed by atoms with van der Waals surface area (Å²) in [5, 5.41) is 12.2. The van der Waals surface area contributed by atoms with Gasteiger partial charge in [-0.1, -0.05) is 0 Å². The summed E-state index contributed by atoms with van der Waals surface area (Å²) in [6.45, 7) is 6.96. The number of rotatable bonds is 2. The Morgan fingerprint density at radius 1 is 1.35 bits per heavy atom. The number of nitrogens with zero attached hydrogens (tertiary/aromatic N) is 1. The lowest BCUT2D eigenvalue weighted by Gasteiger charge is -2.21. The lowest BCUT2D eigenvalue weighted by molar-refractivity contribution is 0.131. The van der Waals surface area contributed by atoms with Crippen LogP contribution in [0.3, 0.4) is 0 Å². The lowest BCUT2D eigenvalue weighted by atomic mass is 10.2. The Hall–Kier alpha value is -1.75. The van der Waals surface area contributed by atoms with Gasteiger partial charge in [0.15, 0.2) is 0 Å². The minimum absolute atomic E-state index is 0.175. The number of ether oxygens (including phenoxy) is 1. The average Bonchev–Trinajstić information content (AvgIpc) is 2.77. The molecular formula is C15H22N2O3. The fourth-order valence-corrected chi connectivity index (χ4v) is 2.09. The molecule has 1 aliphatic rings. The van der Waals surface area contributed by atoms with Crippen LogP contribution < -0.4 is 10.1 Å². The molecule has 2 rings (SSSR count). The van der Waals surface area contributed by atoms with Gasteiger partial charge in [0.05, 0.1) is 6.10 Å². The summed E-state index contributed by atoms with van der Waals surface area (Å²) in [5.74, 6) is 0.770. The zero-order chi connectivity index (χ0) is 14.8. The van der Waals surface area contributed by atoms with Gasteiger partial charge in [-0.3, -0.25) is 0 Å². The minimum Gasteiger partial charge on any atom is -0.488 e. The Kier molecular flexibility index (Phi) is 4.18. The summed E-state index contributed by atoms with van der Waals surface area (Å²) in [6.07, 6.45) is 0.245. The Morgan fingerprint density at radius 2 is 2.00 bits per heavy atom. The molecule has 20 heavy (non-hydrogen) atoms. The number of hydrogen-bond donors (Lipinski definition) is 2. The van der Waals surface area contributed by atoms with Crippen molar-refractivity contribution in [2.24, 2.45) is 0 Å². The van der Waals surface area contributed by atoms with Crippen molar-refractivity contribution in [2.75, 3.05) is 18.4 Å². The van der Waals surface area contributed by atoms with Gasteiger partial charge in [-0.25, -0.2) is 4.79 Å². The van der Waals surface area contributed by atoms with Crippen LogP contribution in [-0.2, 0) is 0 Å². The summed E-state index contributed by atoms with van der Waals surface area (Å²) in [6, 6.07) is 7.11. The van der Waals surface area contributed by atoms with Crippen LogP contribution in [0.4, 0.5) is 10.5 Å². The normalized spacial score (nSPS) is 19.0. The first-order chi connectivity index (χ1) is 9.33. The topological polar surface area (TPSA) is 61.8 Å². The summed E-state index contributed by atoms with van der Waals surface area (Å²) in [7, 11) is 0. The molecule has 2 N–H and O–H groups in total. The van der Waals surface area contributed by atoms with Gasteiger partial charge in [-0.2, -0.15) is 0 Å². The highest BCUT2D eigenvalue weighted by atomic mass is 16.5. The predicted molar refractivity (Wildman–Crippen MR) is 78.0 cm³/mol. The zero-order valence-electron chi connectivity index (χ0n) is 12.2. The number of amides is 2. The van der Waals surface area contributed by atoms with Gasteiger partial charge in [0.1, 0.15) is 11.4 Å². The minimum atomic E-state index is -0.400. The molecule has 5 nitrogen and oxygen atoms in total. The summed E-state index contributed by atoms with van der Waals surface area (Å²) >= 11 is 0. The second-order valence-corrected chi connectivity index (χ2v) is 6.06. The Labute approximate surface area is 119 Å². The third-order valence-corrected chi connectivity index (χ3v) is 2.98.